The van der Waals surface area contributed by atoms with E-state index in [1.54, 1.807) is 30.9 Å². The first kappa shape index (κ1) is 23.1. The Labute approximate surface area is 185 Å². The van der Waals surface area contributed by atoms with Crippen molar-refractivity contribution in [2.24, 2.45) is 0 Å². The highest BCUT2D eigenvalue weighted by Gasteiger charge is 2.31. The van der Waals surface area contributed by atoms with Gasteiger partial charge in [-0.2, -0.15) is 13.2 Å². The van der Waals surface area contributed by atoms with Gasteiger partial charge in [0.2, 0.25) is 11.9 Å². The van der Waals surface area contributed by atoms with E-state index in [2.05, 4.69) is 15.0 Å². The van der Waals surface area contributed by atoms with Crippen molar-refractivity contribution in [3.63, 3.8) is 0 Å². The smallest absolute Gasteiger partial charge is 0.416 e. The van der Waals surface area contributed by atoms with Crippen molar-refractivity contribution in [2.45, 2.75) is 19.7 Å². The lowest BCUT2D eigenvalue weighted by Crippen LogP contribution is -2.28. The fourth-order valence-electron chi connectivity index (χ4n) is 2.67. The Hall–Kier alpha value is -3.54. The Morgan fingerprint density at radius 3 is 2.53 bits per heavy atom. The van der Waals surface area contributed by atoms with Crippen LogP contribution in [0.25, 0.3) is 0 Å². The molecule has 0 saturated carbocycles. The number of aromatic nitrogens is 3. The molecule has 12 heteroatoms. The zero-order valence-corrected chi connectivity index (χ0v) is 17.9. The number of likely N-dealkylation sites (N-methyl/N-ethyl adjacent to an activating group) is 1. The van der Waals surface area contributed by atoms with Gasteiger partial charge in [0, 0.05) is 31.7 Å². The van der Waals surface area contributed by atoms with Crippen LogP contribution in [0.5, 0.6) is 0 Å². The quantitative estimate of drug-likeness (QED) is 0.490. The summed E-state index contributed by atoms with van der Waals surface area (Å²) in [5, 5.41) is 1.73. The van der Waals surface area contributed by atoms with Gasteiger partial charge < -0.3 is 9.64 Å². The Bertz CT molecular complexity index is 1090. The molecule has 32 heavy (non-hydrogen) atoms. The van der Waals surface area contributed by atoms with Gasteiger partial charge in [-0.25, -0.2) is 15.0 Å². The van der Waals surface area contributed by atoms with Crippen LogP contribution in [0.2, 0.25) is 0 Å². The minimum atomic E-state index is -4.54. The zero-order chi connectivity index (χ0) is 23.3. The number of rotatable bonds is 7. The number of esters is 1. The molecule has 2 heterocycles. The molecule has 168 valence electrons. The summed E-state index contributed by atoms with van der Waals surface area (Å²) >= 11 is 1.05. The van der Waals surface area contributed by atoms with E-state index in [0.717, 1.165) is 28.4 Å². The number of anilines is 3. The second kappa shape index (κ2) is 9.73. The maximum Gasteiger partial charge on any atom is 0.416 e. The van der Waals surface area contributed by atoms with Crippen molar-refractivity contribution < 1.29 is 27.5 Å². The molecule has 3 aromatic rings. The third-order valence-corrected chi connectivity index (χ3v) is 4.99. The summed E-state index contributed by atoms with van der Waals surface area (Å²) in [6.45, 7) is 0.973. The molecule has 3 rings (SSSR count). The molecule has 2 aromatic heterocycles. The molecule has 8 nitrogen and oxygen atoms in total. The first-order valence-corrected chi connectivity index (χ1v) is 10.1. The van der Waals surface area contributed by atoms with Gasteiger partial charge in [0.25, 0.3) is 0 Å². The Morgan fingerprint density at radius 1 is 1.16 bits per heavy atom. The molecule has 1 amide bonds. The van der Waals surface area contributed by atoms with E-state index < -0.39 is 23.6 Å². The monoisotopic (exact) mass is 465 g/mol. The highest BCUT2D eigenvalue weighted by molar-refractivity contribution is 7.14. The summed E-state index contributed by atoms with van der Waals surface area (Å²) < 4.78 is 44.3. The standard InChI is InChI=1S/C20H18F3N5O3S/c1-13(29)28(16-6-3-5-14(9-16)20(21,22)23)19-26-15(12-32-19)11-31-17(30)10-27(2)18-24-7-4-8-25-18/h3-9,12H,10-11H2,1-2H3. The molecule has 0 unspecified atom stereocenters. The van der Waals surface area contributed by atoms with Crippen molar-refractivity contribution >= 4 is 40.0 Å². The van der Waals surface area contributed by atoms with Crippen molar-refractivity contribution in [2.75, 3.05) is 23.4 Å². The summed E-state index contributed by atoms with van der Waals surface area (Å²) in [5.74, 6) is -0.693. The predicted octanol–water partition coefficient (Wildman–Crippen LogP) is 3.82. The molecule has 0 N–H and O–H groups in total. The van der Waals surface area contributed by atoms with Crippen LogP contribution < -0.4 is 9.80 Å². The molecule has 0 spiro atoms. The van der Waals surface area contributed by atoms with Gasteiger partial charge in [0.05, 0.1) is 16.9 Å². The van der Waals surface area contributed by atoms with Gasteiger partial charge in [-0.05, 0) is 24.3 Å². The average Bonchev–Trinajstić information content (AvgIpc) is 3.21. The Balaban J connectivity index is 1.67. The Kier molecular flexibility index (Phi) is 7.03. The van der Waals surface area contributed by atoms with E-state index in [9.17, 15) is 22.8 Å². The maximum atomic E-state index is 13.0. The third kappa shape index (κ3) is 5.78. The number of hydrogen-bond donors (Lipinski definition) is 0. The number of nitrogens with zero attached hydrogens (tertiary/aromatic N) is 5. The van der Waals surface area contributed by atoms with Crippen molar-refractivity contribution in [3.05, 3.63) is 59.4 Å². The number of ether oxygens (including phenoxy) is 1. The van der Waals surface area contributed by atoms with Gasteiger partial charge in [-0.15, -0.1) is 11.3 Å². The van der Waals surface area contributed by atoms with E-state index in [1.807, 2.05) is 0 Å². The number of benzene rings is 1. The third-order valence-electron chi connectivity index (χ3n) is 4.12. The number of carbonyl (C=O) groups excluding carboxylic acids is 2. The average molecular weight is 465 g/mol. The summed E-state index contributed by atoms with van der Waals surface area (Å²) in [5.41, 5.74) is -0.483. The zero-order valence-electron chi connectivity index (χ0n) is 17.0. The molecule has 0 aliphatic carbocycles. The molecule has 0 aliphatic heterocycles. The predicted molar refractivity (Wildman–Crippen MR) is 111 cm³/mol. The first-order valence-electron chi connectivity index (χ1n) is 9.21. The van der Waals surface area contributed by atoms with Crippen LogP contribution in [0.1, 0.15) is 18.2 Å². The van der Waals surface area contributed by atoms with E-state index in [4.69, 9.17) is 4.74 Å². The number of amides is 1. The van der Waals surface area contributed by atoms with Crippen LogP contribution in [0.4, 0.5) is 29.9 Å². The molecule has 0 atom stereocenters. The molecule has 0 saturated heterocycles. The lowest BCUT2D eigenvalue weighted by atomic mass is 10.2. The van der Waals surface area contributed by atoms with Crippen LogP contribution in [-0.4, -0.2) is 40.4 Å². The first-order chi connectivity index (χ1) is 15.1. The van der Waals surface area contributed by atoms with Gasteiger partial charge in [-0.1, -0.05) is 6.07 Å². The SMILES string of the molecule is CC(=O)N(c1cccc(C(F)(F)F)c1)c1nc(COC(=O)CN(C)c2ncccn2)cs1. The number of carbonyl (C=O) groups is 2. The topological polar surface area (TPSA) is 88.5 Å². The molecular formula is C20H18F3N5O3S. The second-order valence-electron chi connectivity index (χ2n) is 6.59. The minimum absolute atomic E-state index is 0.0368. The van der Waals surface area contributed by atoms with Crippen molar-refractivity contribution in [1.82, 2.24) is 15.0 Å². The fourth-order valence-corrected chi connectivity index (χ4v) is 3.54. The number of hydrogen-bond acceptors (Lipinski definition) is 8. The maximum absolute atomic E-state index is 13.0. The van der Waals surface area contributed by atoms with E-state index in [-0.39, 0.29) is 24.0 Å². The van der Waals surface area contributed by atoms with Crippen LogP contribution in [-0.2, 0) is 27.1 Å². The Morgan fingerprint density at radius 2 is 1.88 bits per heavy atom. The van der Waals surface area contributed by atoms with Crippen molar-refractivity contribution in [1.29, 1.82) is 0 Å². The van der Waals surface area contributed by atoms with Crippen molar-refractivity contribution in [3.8, 4) is 0 Å². The summed E-state index contributed by atoms with van der Waals surface area (Å²) in [7, 11) is 1.64. The van der Waals surface area contributed by atoms with Gasteiger partial charge in [0.1, 0.15) is 13.2 Å². The molecule has 1 aromatic carbocycles. The van der Waals surface area contributed by atoms with Crippen LogP contribution in [0.3, 0.4) is 0 Å². The largest absolute Gasteiger partial charge is 0.458 e. The normalized spacial score (nSPS) is 11.2. The summed E-state index contributed by atoms with van der Waals surface area (Å²) in [4.78, 5) is 39.1. The fraction of sp³-hybridized carbons (Fsp3) is 0.250. The number of thiazole rings is 1. The molecule has 0 radical (unpaired) electrons. The number of alkyl halides is 3. The lowest BCUT2D eigenvalue weighted by molar-refractivity contribution is -0.143. The minimum Gasteiger partial charge on any atom is -0.458 e. The van der Waals surface area contributed by atoms with E-state index in [0.29, 0.717) is 11.6 Å². The van der Waals surface area contributed by atoms with Crippen LogP contribution in [0, 0.1) is 0 Å². The number of halogens is 3. The molecule has 0 aliphatic rings. The molecular weight excluding hydrogens is 447 g/mol. The highest BCUT2D eigenvalue weighted by Crippen LogP contribution is 2.35. The van der Waals surface area contributed by atoms with Crippen LogP contribution in [0.15, 0.2) is 48.1 Å². The lowest BCUT2D eigenvalue weighted by Gasteiger charge is -2.19. The van der Waals surface area contributed by atoms with E-state index in [1.165, 1.54) is 24.0 Å². The molecule has 0 fully saturated rings. The molecule has 0 bridgehead atoms. The highest BCUT2D eigenvalue weighted by atomic mass is 32.1. The summed E-state index contributed by atoms with van der Waals surface area (Å²) in [6.07, 6.45) is -1.45. The van der Waals surface area contributed by atoms with Gasteiger partial charge >= 0.3 is 12.1 Å². The van der Waals surface area contributed by atoms with Gasteiger partial charge in [-0.3, -0.25) is 14.5 Å². The second-order valence-corrected chi connectivity index (χ2v) is 7.43. The van der Waals surface area contributed by atoms with E-state index >= 15 is 0 Å². The van der Waals surface area contributed by atoms with Gasteiger partial charge in [0.15, 0.2) is 5.13 Å². The summed E-state index contributed by atoms with van der Waals surface area (Å²) in [6, 6.07) is 6.06. The van der Waals surface area contributed by atoms with Crippen LogP contribution >= 0.6 is 11.3 Å².